The van der Waals surface area contributed by atoms with Crippen LogP contribution in [0.5, 0.6) is 11.5 Å². The number of carbonyl (C=O) groups is 1. The first-order chi connectivity index (χ1) is 11.6. The Balaban J connectivity index is 2.02. The maximum absolute atomic E-state index is 12.5. The van der Waals surface area contributed by atoms with Gasteiger partial charge >= 0.3 is 0 Å². The SMILES string of the molecule is CCOc1ccccc1NC(=O)c1c(O)c2cccnc2[nH]c1=O. The Labute approximate surface area is 136 Å². The molecule has 0 unspecified atom stereocenters. The number of amides is 1. The molecule has 0 radical (unpaired) electrons. The number of anilines is 1. The molecular formula is C17H15N3O4. The standard InChI is InChI=1S/C17H15N3O4/c1-2-24-12-8-4-3-7-11(12)19-16(22)13-14(21)10-6-5-9-18-15(10)20-17(13)23/h3-9H,2H2,1H3,(H,19,22)(H2,18,20,21,23). The molecule has 3 rings (SSSR count). The van der Waals surface area contributed by atoms with Crippen molar-refractivity contribution in [1.82, 2.24) is 9.97 Å². The van der Waals surface area contributed by atoms with Crippen molar-refractivity contribution in [3.8, 4) is 11.5 Å². The highest BCUT2D eigenvalue weighted by molar-refractivity contribution is 6.09. The number of ether oxygens (including phenoxy) is 1. The summed E-state index contributed by atoms with van der Waals surface area (Å²) in [5.41, 5.74) is -0.465. The van der Waals surface area contributed by atoms with Crippen molar-refractivity contribution in [2.45, 2.75) is 6.92 Å². The normalized spacial score (nSPS) is 10.5. The van der Waals surface area contributed by atoms with Crippen molar-refractivity contribution in [2.75, 3.05) is 11.9 Å². The van der Waals surface area contributed by atoms with Gasteiger partial charge in [-0.1, -0.05) is 12.1 Å². The molecule has 2 aromatic heterocycles. The van der Waals surface area contributed by atoms with Gasteiger partial charge in [-0.3, -0.25) is 9.59 Å². The highest BCUT2D eigenvalue weighted by Crippen LogP contribution is 2.27. The number of aromatic hydroxyl groups is 1. The fraction of sp³-hybridized carbons (Fsp3) is 0.118. The summed E-state index contributed by atoms with van der Waals surface area (Å²) in [6, 6.07) is 10.0. The zero-order chi connectivity index (χ0) is 17.1. The lowest BCUT2D eigenvalue weighted by molar-refractivity contribution is 0.102. The molecule has 0 saturated carbocycles. The highest BCUT2D eigenvalue weighted by Gasteiger charge is 2.20. The second kappa shape index (κ2) is 6.41. The van der Waals surface area contributed by atoms with E-state index in [4.69, 9.17) is 4.74 Å². The first kappa shape index (κ1) is 15.5. The molecule has 0 aliphatic carbocycles. The first-order valence-corrected chi connectivity index (χ1v) is 7.35. The molecule has 0 atom stereocenters. The summed E-state index contributed by atoms with van der Waals surface area (Å²) in [6.07, 6.45) is 1.48. The van der Waals surface area contributed by atoms with Gasteiger partial charge in [0.1, 0.15) is 22.7 Å². The fourth-order valence-electron chi connectivity index (χ4n) is 2.35. The second-order valence-corrected chi connectivity index (χ2v) is 4.96. The third-order valence-electron chi connectivity index (χ3n) is 3.42. The minimum absolute atomic E-state index is 0.214. The maximum Gasteiger partial charge on any atom is 0.266 e. The number of benzene rings is 1. The average Bonchev–Trinajstić information content (AvgIpc) is 2.57. The van der Waals surface area contributed by atoms with E-state index in [1.54, 1.807) is 36.4 Å². The lowest BCUT2D eigenvalue weighted by Crippen LogP contribution is -2.24. The van der Waals surface area contributed by atoms with Gasteiger partial charge in [0.15, 0.2) is 0 Å². The van der Waals surface area contributed by atoms with Crippen molar-refractivity contribution in [3.63, 3.8) is 0 Å². The number of nitrogens with one attached hydrogen (secondary N) is 2. The second-order valence-electron chi connectivity index (χ2n) is 4.96. The molecule has 0 aliphatic heterocycles. The Hall–Kier alpha value is -3.35. The van der Waals surface area contributed by atoms with Crippen LogP contribution in [0.1, 0.15) is 17.3 Å². The number of aromatic nitrogens is 2. The van der Waals surface area contributed by atoms with Crippen LogP contribution in [0.3, 0.4) is 0 Å². The topological polar surface area (TPSA) is 104 Å². The number of pyridine rings is 2. The number of nitrogens with zero attached hydrogens (tertiary/aromatic N) is 1. The number of para-hydroxylation sites is 2. The van der Waals surface area contributed by atoms with Gasteiger partial charge in [0.05, 0.1) is 17.7 Å². The quantitative estimate of drug-likeness (QED) is 0.682. The number of carbonyl (C=O) groups excluding carboxylic acids is 1. The van der Waals surface area contributed by atoms with E-state index in [0.717, 1.165) is 0 Å². The number of H-pyrrole nitrogens is 1. The summed E-state index contributed by atoms with van der Waals surface area (Å²) < 4.78 is 5.43. The van der Waals surface area contributed by atoms with Crippen LogP contribution in [0.15, 0.2) is 47.4 Å². The minimum Gasteiger partial charge on any atom is -0.506 e. The van der Waals surface area contributed by atoms with Crippen LogP contribution in [-0.2, 0) is 0 Å². The van der Waals surface area contributed by atoms with Crippen LogP contribution in [0.4, 0.5) is 5.69 Å². The van der Waals surface area contributed by atoms with E-state index in [9.17, 15) is 14.7 Å². The monoisotopic (exact) mass is 325 g/mol. The Kier molecular flexibility index (Phi) is 4.15. The molecule has 1 amide bonds. The maximum atomic E-state index is 12.5. The van der Waals surface area contributed by atoms with E-state index in [1.165, 1.54) is 6.20 Å². The van der Waals surface area contributed by atoms with E-state index < -0.39 is 17.2 Å². The summed E-state index contributed by atoms with van der Waals surface area (Å²) >= 11 is 0. The van der Waals surface area contributed by atoms with Crippen LogP contribution in [-0.4, -0.2) is 27.6 Å². The number of aromatic amines is 1. The van der Waals surface area contributed by atoms with E-state index in [1.807, 2.05) is 6.92 Å². The van der Waals surface area contributed by atoms with Gasteiger partial charge in [-0.15, -0.1) is 0 Å². The molecule has 0 saturated heterocycles. The number of rotatable bonds is 4. The van der Waals surface area contributed by atoms with E-state index >= 15 is 0 Å². The lowest BCUT2D eigenvalue weighted by atomic mass is 10.1. The predicted octanol–water partition coefficient (Wildman–Crippen LogP) is 2.28. The molecule has 122 valence electrons. The minimum atomic E-state index is -0.730. The predicted molar refractivity (Wildman–Crippen MR) is 89.6 cm³/mol. The molecular weight excluding hydrogens is 310 g/mol. The van der Waals surface area contributed by atoms with Gasteiger partial charge in [-0.05, 0) is 31.2 Å². The molecule has 7 heteroatoms. The van der Waals surface area contributed by atoms with E-state index in [2.05, 4.69) is 15.3 Å². The van der Waals surface area contributed by atoms with Crippen LogP contribution in [0.25, 0.3) is 11.0 Å². The Morgan fingerprint density at radius 2 is 2.08 bits per heavy atom. The summed E-state index contributed by atoms with van der Waals surface area (Å²) in [4.78, 5) is 31.1. The molecule has 3 N–H and O–H groups in total. The van der Waals surface area contributed by atoms with Crippen molar-refractivity contribution in [3.05, 3.63) is 58.5 Å². The van der Waals surface area contributed by atoms with Gasteiger partial charge < -0.3 is 20.1 Å². The van der Waals surface area contributed by atoms with Crippen LogP contribution in [0, 0.1) is 0 Å². The molecule has 2 heterocycles. The first-order valence-electron chi connectivity index (χ1n) is 7.35. The molecule has 7 nitrogen and oxygen atoms in total. The van der Waals surface area contributed by atoms with Crippen molar-refractivity contribution in [1.29, 1.82) is 0 Å². The molecule has 1 aromatic carbocycles. The molecule has 24 heavy (non-hydrogen) atoms. The van der Waals surface area contributed by atoms with Crippen molar-refractivity contribution in [2.24, 2.45) is 0 Å². The van der Waals surface area contributed by atoms with Crippen molar-refractivity contribution < 1.29 is 14.6 Å². The highest BCUT2D eigenvalue weighted by atomic mass is 16.5. The summed E-state index contributed by atoms with van der Waals surface area (Å²) in [5, 5.41) is 13.2. The van der Waals surface area contributed by atoms with Crippen LogP contribution >= 0.6 is 0 Å². The summed E-state index contributed by atoms with van der Waals surface area (Å²) in [7, 11) is 0. The fourth-order valence-corrected chi connectivity index (χ4v) is 2.35. The van der Waals surface area contributed by atoms with Gasteiger partial charge in [0.25, 0.3) is 11.5 Å². The summed E-state index contributed by atoms with van der Waals surface area (Å²) in [5.74, 6) is -0.661. The molecule has 0 fully saturated rings. The Morgan fingerprint density at radius 1 is 1.29 bits per heavy atom. The molecule has 3 aromatic rings. The van der Waals surface area contributed by atoms with Gasteiger partial charge in [-0.2, -0.15) is 0 Å². The molecule has 0 bridgehead atoms. The number of fused-ring (bicyclic) bond motifs is 1. The number of hydrogen-bond donors (Lipinski definition) is 3. The smallest absolute Gasteiger partial charge is 0.266 e. The number of hydrogen-bond acceptors (Lipinski definition) is 5. The Bertz CT molecular complexity index is 965. The molecule has 0 aliphatic rings. The van der Waals surface area contributed by atoms with Gasteiger partial charge in [-0.25, -0.2) is 4.98 Å². The van der Waals surface area contributed by atoms with Crippen LogP contribution in [0.2, 0.25) is 0 Å². The summed E-state index contributed by atoms with van der Waals surface area (Å²) in [6.45, 7) is 2.26. The zero-order valence-corrected chi connectivity index (χ0v) is 12.9. The van der Waals surface area contributed by atoms with Crippen LogP contribution < -0.4 is 15.6 Å². The van der Waals surface area contributed by atoms with Gasteiger partial charge in [0.2, 0.25) is 0 Å². The van der Waals surface area contributed by atoms with Gasteiger partial charge in [0, 0.05) is 6.20 Å². The van der Waals surface area contributed by atoms with E-state index in [0.29, 0.717) is 23.4 Å². The zero-order valence-electron chi connectivity index (χ0n) is 12.9. The third-order valence-corrected chi connectivity index (χ3v) is 3.42. The lowest BCUT2D eigenvalue weighted by Gasteiger charge is -2.12. The van der Waals surface area contributed by atoms with Crippen molar-refractivity contribution >= 4 is 22.6 Å². The largest absolute Gasteiger partial charge is 0.506 e. The Morgan fingerprint density at radius 3 is 2.88 bits per heavy atom. The average molecular weight is 325 g/mol. The molecule has 0 spiro atoms. The third kappa shape index (κ3) is 2.79. The van der Waals surface area contributed by atoms with E-state index in [-0.39, 0.29) is 11.2 Å².